The summed E-state index contributed by atoms with van der Waals surface area (Å²) in [5.74, 6) is 0.559. The van der Waals surface area contributed by atoms with Gasteiger partial charge in [0.1, 0.15) is 5.75 Å². The summed E-state index contributed by atoms with van der Waals surface area (Å²) in [6.45, 7) is 3.96. The van der Waals surface area contributed by atoms with E-state index in [4.69, 9.17) is 15.2 Å². The number of nitrogen functional groups attached to an aromatic ring is 1. The molecule has 5 nitrogen and oxygen atoms in total. The van der Waals surface area contributed by atoms with E-state index in [1.807, 2.05) is 13.0 Å². The minimum atomic E-state index is -0.403. The summed E-state index contributed by atoms with van der Waals surface area (Å²) in [6.07, 6.45) is 1.60. The van der Waals surface area contributed by atoms with Gasteiger partial charge in [-0.25, -0.2) is 4.79 Å². The first kappa shape index (κ1) is 13.9. The molecule has 0 fully saturated rings. The van der Waals surface area contributed by atoms with Gasteiger partial charge in [0.15, 0.2) is 5.75 Å². The summed E-state index contributed by atoms with van der Waals surface area (Å²) < 4.78 is 10.6. The Morgan fingerprint density at radius 2 is 2.10 bits per heavy atom. The largest absolute Gasteiger partial charge is 0.462 e. The second-order valence-electron chi connectivity index (χ2n) is 4.21. The quantitative estimate of drug-likeness (QED) is 0.684. The molecule has 0 aliphatic heterocycles. The van der Waals surface area contributed by atoms with Gasteiger partial charge < -0.3 is 15.2 Å². The Balaban J connectivity index is 2.24. The van der Waals surface area contributed by atoms with Gasteiger partial charge in [-0.15, -0.1) is 0 Å². The number of carbonyl (C=O) groups is 1. The lowest BCUT2D eigenvalue weighted by molar-refractivity contribution is 0.0526. The zero-order valence-electron chi connectivity index (χ0n) is 11.4. The van der Waals surface area contributed by atoms with Crippen molar-refractivity contribution in [3.63, 3.8) is 0 Å². The number of aromatic nitrogens is 1. The average molecular weight is 272 g/mol. The van der Waals surface area contributed by atoms with Gasteiger partial charge in [0.05, 0.1) is 24.1 Å². The van der Waals surface area contributed by atoms with Crippen LogP contribution in [0.2, 0.25) is 0 Å². The Hall–Kier alpha value is -2.56. The molecular formula is C15H16N2O3. The van der Waals surface area contributed by atoms with Crippen LogP contribution in [0.3, 0.4) is 0 Å². The van der Waals surface area contributed by atoms with Gasteiger partial charge in [0.2, 0.25) is 0 Å². The molecule has 0 saturated heterocycles. The molecule has 0 atom stereocenters. The molecule has 2 aromatic rings. The van der Waals surface area contributed by atoms with Crippen LogP contribution < -0.4 is 10.5 Å². The Morgan fingerprint density at radius 3 is 2.75 bits per heavy atom. The van der Waals surface area contributed by atoms with Crippen molar-refractivity contribution in [2.24, 2.45) is 0 Å². The van der Waals surface area contributed by atoms with Crippen molar-refractivity contribution in [2.75, 3.05) is 12.3 Å². The third-order valence-electron chi connectivity index (χ3n) is 2.64. The molecule has 1 aromatic heterocycles. The van der Waals surface area contributed by atoms with Crippen molar-refractivity contribution in [3.8, 4) is 11.5 Å². The number of hydrogen-bond acceptors (Lipinski definition) is 5. The minimum absolute atomic E-state index is 0.321. The molecule has 0 bridgehead atoms. The van der Waals surface area contributed by atoms with Gasteiger partial charge >= 0.3 is 5.97 Å². The van der Waals surface area contributed by atoms with Crippen molar-refractivity contribution >= 4 is 11.7 Å². The smallest absolute Gasteiger partial charge is 0.338 e. The minimum Gasteiger partial charge on any atom is -0.462 e. The van der Waals surface area contributed by atoms with E-state index in [1.165, 1.54) is 0 Å². The van der Waals surface area contributed by atoms with Crippen molar-refractivity contribution in [2.45, 2.75) is 13.8 Å². The Morgan fingerprint density at radius 1 is 1.30 bits per heavy atom. The van der Waals surface area contributed by atoms with Gasteiger partial charge in [-0.2, -0.15) is 0 Å². The second kappa shape index (κ2) is 6.06. The number of hydrogen-bond donors (Lipinski definition) is 1. The first-order chi connectivity index (χ1) is 9.60. The van der Waals surface area contributed by atoms with E-state index in [0.29, 0.717) is 29.4 Å². The van der Waals surface area contributed by atoms with Crippen molar-refractivity contribution in [1.82, 2.24) is 4.98 Å². The van der Waals surface area contributed by atoms with E-state index in [1.54, 1.807) is 37.4 Å². The lowest BCUT2D eigenvalue weighted by Gasteiger charge is -2.10. The third-order valence-corrected chi connectivity index (χ3v) is 2.64. The van der Waals surface area contributed by atoms with Crippen LogP contribution in [0.1, 0.15) is 23.0 Å². The summed E-state index contributed by atoms with van der Waals surface area (Å²) in [5.41, 5.74) is 7.58. The van der Waals surface area contributed by atoms with Crippen molar-refractivity contribution in [1.29, 1.82) is 0 Å². The normalized spacial score (nSPS) is 10.1. The molecular weight excluding hydrogens is 256 g/mol. The monoisotopic (exact) mass is 272 g/mol. The molecule has 5 heteroatoms. The van der Waals surface area contributed by atoms with Crippen molar-refractivity contribution < 1.29 is 14.3 Å². The Bertz CT molecular complexity index is 609. The first-order valence-corrected chi connectivity index (χ1v) is 6.27. The standard InChI is InChI=1S/C15H16N2O3/c1-3-19-15(18)11-5-7-13(16)14(8-11)20-12-6-4-10(2)17-9-12/h4-9H,3,16H2,1-2H3. The summed E-state index contributed by atoms with van der Waals surface area (Å²) in [6, 6.07) is 8.41. The SMILES string of the molecule is CCOC(=O)c1ccc(N)c(Oc2ccc(C)nc2)c1. The van der Waals surface area contributed by atoms with Gasteiger partial charge in [-0.05, 0) is 44.2 Å². The molecule has 0 aliphatic rings. The molecule has 20 heavy (non-hydrogen) atoms. The molecule has 0 aliphatic carbocycles. The number of carbonyl (C=O) groups excluding carboxylic acids is 1. The topological polar surface area (TPSA) is 74.4 Å². The summed E-state index contributed by atoms with van der Waals surface area (Å²) in [7, 11) is 0. The zero-order valence-corrected chi connectivity index (χ0v) is 11.4. The van der Waals surface area contributed by atoms with E-state index in [-0.39, 0.29) is 0 Å². The highest BCUT2D eigenvalue weighted by Crippen LogP contribution is 2.28. The molecule has 2 N–H and O–H groups in total. The number of rotatable bonds is 4. The molecule has 0 amide bonds. The van der Waals surface area contributed by atoms with Gasteiger partial charge in [0.25, 0.3) is 0 Å². The fraction of sp³-hybridized carbons (Fsp3) is 0.200. The number of benzene rings is 1. The number of aryl methyl sites for hydroxylation is 1. The molecule has 1 heterocycles. The van der Waals surface area contributed by atoms with Gasteiger partial charge in [0, 0.05) is 5.69 Å². The molecule has 2 rings (SSSR count). The third kappa shape index (κ3) is 3.26. The maximum Gasteiger partial charge on any atom is 0.338 e. The maximum atomic E-state index is 11.7. The maximum absolute atomic E-state index is 11.7. The van der Waals surface area contributed by atoms with Crippen LogP contribution in [0.15, 0.2) is 36.5 Å². The van der Waals surface area contributed by atoms with Crippen LogP contribution in [0.25, 0.3) is 0 Å². The van der Waals surface area contributed by atoms with Crippen molar-refractivity contribution in [3.05, 3.63) is 47.8 Å². The summed E-state index contributed by atoms with van der Waals surface area (Å²) in [5, 5.41) is 0. The van der Waals surface area contributed by atoms with E-state index >= 15 is 0 Å². The van der Waals surface area contributed by atoms with Gasteiger partial charge in [-0.3, -0.25) is 4.98 Å². The lowest BCUT2D eigenvalue weighted by Crippen LogP contribution is -2.05. The number of pyridine rings is 1. The van der Waals surface area contributed by atoms with Crippen LogP contribution >= 0.6 is 0 Å². The van der Waals surface area contributed by atoms with Crippen LogP contribution in [0.5, 0.6) is 11.5 Å². The second-order valence-corrected chi connectivity index (χ2v) is 4.21. The van der Waals surface area contributed by atoms with E-state index in [2.05, 4.69) is 4.98 Å². The van der Waals surface area contributed by atoms with E-state index in [0.717, 1.165) is 5.69 Å². The van der Waals surface area contributed by atoms with E-state index in [9.17, 15) is 4.79 Å². The number of anilines is 1. The van der Waals surface area contributed by atoms with Crippen LogP contribution in [-0.2, 0) is 4.74 Å². The lowest BCUT2D eigenvalue weighted by atomic mass is 10.2. The molecule has 104 valence electrons. The van der Waals surface area contributed by atoms with Crippen LogP contribution in [-0.4, -0.2) is 17.6 Å². The predicted octanol–water partition coefficient (Wildman–Crippen LogP) is 2.94. The Kier molecular flexibility index (Phi) is 4.20. The van der Waals surface area contributed by atoms with Crippen LogP contribution in [0, 0.1) is 6.92 Å². The highest BCUT2D eigenvalue weighted by molar-refractivity contribution is 5.90. The van der Waals surface area contributed by atoms with Crippen LogP contribution in [0.4, 0.5) is 5.69 Å². The summed E-state index contributed by atoms with van der Waals surface area (Å²) in [4.78, 5) is 15.8. The predicted molar refractivity (Wildman–Crippen MR) is 75.9 cm³/mol. The highest BCUT2D eigenvalue weighted by atomic mass is 16.5. The fourth-order valence-electron chi connectivity index (χ4n) is 1.61. The van der Waals surface area contributed by atoms with Gasteiger partial charge in [-0.1, -0.05) is 0 Å². The fourth-order valence-corrected chi connectivity index (χ4v) is 1.61. The highest BCUT2D eigenvalue weighted by Gasteiger charge is 2.10. The summed E-state index contributed by atoms with van der Waals surface area (Å²) >= 11 is 0. The molecule has 0 radical (unpaired) electrons. The number of esters is 1. The average Bonchev–Trinajstić information content (AvgIpc) is 2.44. The van der Waals surface area contributed by atoms with E-state index < -0.39 is 5.97 Å². The molecule has 0 unspecified atom stereocenters. The Labute approximate surface area is 117 Å². The number of nitrogens with zero attached hydrogens (tertiary/aromatic N) is 1. The zero-order chi connectivity index (χ0) is 14.5. The molecule has 0 spiro atoms. The molecule has 0 saturated carbocycles. The molecule has 1 aromatic carbocycles. The number of nitrogens with two attached hydrogens (primary N) is 1. The first-order valence-electron chi connectivity index (χ1n) is 6.27. The number of ether oxygens (including phenoxy) is 2.